The van der Waals surface area contributed by atoms with Gasteiger partial charge in [0, 0.05) is 45.9 Å². The first kappa shape index (κ1) is 15.9. The SMILES string of the molecule is c1ccc(CCN2CCCOC(CN3CCOCC3)C2)cc1. The molecule has 2 saturated heterocycles. The summed E-state index contributed by atoms with van der Waals surface area (Å²) >= 11 is 0. The number of morpholine rings is 1. The number of ether oxygens (including phenoxy) is 2. The maximum absolute atomic E-state index is 6.06. The van der Waals surface area contributed by atoms with Crippen LogP contribution in [0.3, 0.4) is 0 Å². The number of benzene rings is 1. The van der Waals surface area contributed by atoms with Crippen molar-refractivity contribution in [1.82, 2.24) is 9.80 Å². The zero-order valence-electron chi connectivity index (χ0n) is 13.5. The van der Waals surface area contributed by atoms with Crippen LogP contribution in [-0.2, 0) is 15.9 Å². The van der Waals surface area contributed by atoms with Gasteiger partial charge in [0.05, 0.1) is 19.3 Å². The van der Waals surface area contributed by atoms with Gasteiger partial charge < -0.3 is 14.4 Å². The summed E-state index contributed by atoms with van der Waals surface area (Å²) in [5.41, 5.74) is 1.43. The molecule has 3 rings (SSSR count). The van der Waals surface area contributed by atoms with Gasteiger partial charge in [-0.1, -0.05) is 30.3 Å². The van der Waals surface area contributed by atoms with Crippen LogP contribution in [-0.4, -0.2) is 75.0 Å². The van der Waals surface area contributed by atoms with E-state index >= 15 is 0 Å². The third-order valence-corrected chi connectivity index (χ3v) is 4.56. The first-order valence-electron chi connectivity index (χ1n) is 8.58. The maximum atomic E-state index is 6.06. The van der Waals surface area contributed by atoms with E-state index < -0.39 is 0 Å². The Balaban J connectivity index is 1.46. The lowest BCUT2D eigenvalue weighted by atomic mass is 10.1. The van der Waals surface area contributed by atoms with Gasteiger partial charge >= 0.3 is 0 Å². The van der Waals surface area contributed by atoms with Gasteiger partial charge in [0.2, 0.25) is 0 Å². The highest BCUT2D eigenvalue weighted by molar-refractivity contribution is 5.14. The molecule has 4 heteroatoms. The standard InChI is InChI=1S/C18H28N2O2/c1-2-5-17(6-3-1)7-9-19-8-4-12-22-18(15-19)16-20-10-13-21-14-11-20/h1-3,5-6,18H,4,7-16H2. The van der Waals surface area contributed by atoms with E-state index in [4.69, 9.17) is 9.47 Å². The minimum absolute atomic E-state index is 0.344. The van der Waals surface area contributed by atoms with Crippen LogP contribution >= 0.6 is 0 Å². The maximum Gasteiger partial charge on any atom is 0.0828 e. The Labute approximate surface area is 134 Å². The molecule has 122 valence electrons. The second-order valence-corrected chi connectivity index (χ2v) is 6.30. The highest BCUT2D eigenvalue weighted by Gasteiger charge is 2.22. The molecule has 1 aromatic carbocycles. The number of nitrogens with zero attached hydrogens (tertiary/aromatic N) is 2. The van der Waals surface area contributed by atoms with Gasteiger partial charge in [-0.15, -0.1) is 0 Å². The third kappa shape index (κ3) is 5.06. The fourth-order valence-corrected chi connectivity index (χ4v) is 3.29. The molecule has 0 spiro atoms. The van der Waals surface area contributed by atoms with Crippen LogP contribution in [0.4, 0.5) is 0 Å². The van der Waals surface area contributed by atoms with Gasteiger partial charge in [0.15, 0.2) is 0 Å². The molecule has 0 bridgehead atoms. The van der Waals surface area contributed by atoms with Gasteiger partial charge in [-0.25, -0.2) is 0 Å². The van der Waals surface area contributed by atoms with E-state index in [0.29, 0.717) is 6.10 Å². The van der Waals surface area contributed by atoms with Crippen molar-refractivity contribution in [2.24, 2.45) is 0 Å². The average Bonchev–Trinajstić information content (AvgIpc) is 2.80. The molecule has 0 amide bonds. The molecule has 1 unspecified atom stereocenters. The molecule has 0 aliphatic carbocycles. The van der Waals surface area contributed by atoms with E-state index in [9.17, 15) is 0 Å². The molecule has 1 aromatic rings. The second-order valence-electron chi connectivity index (χ2n) is 6.30. The highest BCUT2D eigenvalue weighted by Crippen LogP contribution is 2.10. The van der Waals surface area contributed by atoms with Crippen LogP contribution in [0.1, 0.15) is 12.0 Å². The monoisotopic (exact) mass is 304 g/mol. The number of hydrogen-bond donors (Lipinski definition) is 0. The van der Waals surface area contributed by atoms with Crippen LogP contribution < -0.4 is 0 Å². The predicted octanol–water partition coefficient (Wildman–Crippen LogP) is 1.65. The quantitative estimate of drug-likeness (QED) is 0.826. The summed E-state index contributed by atoms with van der Waals surface area (Å²) in [6, 6.07) is 10.8. The number of rotatable bonds is 5. The Bertz CT molecular complexity index is 420. The molecule has 0 aromatic heterocycles. The molecule has 0 saturated carbocycles. The van der Waals surface area contributed by atoms with Crippen molar-refractivity contribution in [2.75, 3.05) is 59.1 Å². The molecule has 0 radical (unpaired) electrons. The molecule has 2 heterocycles. The lowest BCUT2D eigenvalue weighted by Crippen LogP contribution is -2.45. The van der Waals surface area contributed by atoms with Gasteiger partial charge in [0.25, 0.3) is 0 Å². The van der Waals surface area contributed by atoms with Crippen LogP contribution in [0.15, 0.2) is 30.3 Å². The Morgan fingerprint density at radius 2 is 1.77 bits per heavy atom. The predicted molar refractivity (Wildman–Crippen MR) is 88.2 cm³/mol. The van der Waals surface area contributed by atoms with Crippen molar-refractivity contribution < 1.29 is 9.47 Å². The molecule has 22 heavy (non-hydrogen) atoms. The van der Waals surface area contributed by atoms with E-state index in [2.05, 4.69) is 40.1 Å². The molecule has 4 nitrogen and oxygen atoms in total. The van der Waals surface area contributed by atoms with Crippen LogP contribution in [0.2, 0.25) is 0 Å². The fourth-order valence-electron chi connectivity index (χ4n) is 3.29. The molecule has 2 fully saturated rings. The average molecular weight is 304 g/mol. The fraction of sp³-hybridized carbons (Fsp3) is 0.667. The summed E-state index contributed by atoms with van der Waals surface area (Å²) in [6.45, 7) is 9.12. The smallest absolute Gasteiger partial charge is 0.0828 e. The summed E-state index contributed by atoms with van der Waals surface area (Å²) in [5, 5.41) is 0. The minimum atomic E-state index is 0.344. The Morgan fingerprint density at radius 1 is 0.955 bits per heavy atom. The van der Waals surface area contributed by atoms with Gasteiger partial charge in [0.1, 0.15) is 0 Å². The van der Waals surface area contributed by atoms with Gasteiger partial charge in [-0.05, 0) is 18.4 Å². The summed E-state index contributed by atoms with van der Waals surface area (Å²) in [7, 11) is 0. The van der Waals surface area contributed by atoms with Gasteiger partial charge in [-0.3, -0.25) is 4.90 Å². The van der Waals surface area contributed by atoms with Crippen molar-refractivity contribution in [3.05, 3.63) is 35.9 Å². The lowest BCUT2D eigenvalue weighted by molar-refractivity contribution is -0.0118. The van der Waals surface area contributed by atoms with E-state index in [1.54, 1.807) is 0 Å². The molecule has 2 aliphatic rings. The third-order valence-electron chi connectivity index (χ3n) is 4.56. The molecule has 0 N–H and O–H groups in total. The van der Waals surface area contributed by atoms with Crippen LogP contribution in [0.25, 0.3) is 0 Å². The zero-order valence-corrected chi connectivity index (χ0v) is 13.5. The largest absolute Gasteiger partial charge is 0.379 e. The molecular weight excluding hydrogens is 276 g/mol. The summed E-state index contributed by atoms with van der Waals surface area (Å²) in [6.07, 6.45) is 2.62. The normalized spacial score (nSPS) is 25.0. The van der Waals surface area contributed by atoms with E-state index in [-0.39, 0.29) is 0 Å². The Morgan fingerprint density at radius 3 is 2.59 bits per heavy atom. The minimum Gasteiger partial charge on any atom is -0.379 e. The van der Waals surface area contributed by atoms with E-state index in [0.717, 1.165) is 71.9 Å². The van der Waals surface area contributed by atoms with Crippen molar-refractivity contribution in [3.8, 4) is 0 Å². The Kier molecular flexibility index (Phi) is 6.25. The van der Waals surface area contributed by atoms with E-state index in [1.807, 2.05) is 0 Å². The van der Waals surface area contributed by atoms with Crippen LogP contribution in [0.5, 0.6) is 0 Å². The summed E-state index contributed by atoms with van der Waals surface area (Å²) in [5.74, 6) is 0. The lowest BCUT2D eigenvalue weighted by Gasteiger charge is -2.31. The Hall–Kier alpha value is -0.940. The topological polar surface area (TPSA) is 24.9 Å². The van der Waals surface area contributed by atoms with Gasteiger partial charge in [-0.2, -0.15) is 0 Å². The summed E-state index contributed by atoms with van der Waals surface area (Å²) in [4.78, 5) is 5.06. The van der Waals surface area contributed by atoms with E-state index in [1.165, 1.54) is 5.56 Å². The number of hydrogen-bond acceptors (Lipinski definition) is 4. The second kappa shape index (κ2) is 8.63. The first-order chi connectivity index (χ1) is 10.9. The highest BCUT2D eigenvalue weighted by atomic mass is 16.5. The zero-order chi connectivity index (χ0) is 15.0. The molecule has 1 atom stereocenters. The molecular formula is C18H28N2O2. The summed E-state index contributed by atoms with van der Waals surface area (Å²) < 4.78 is 11.5. The van der Waals surface area contributed by atoms with Crippen LogP contribution in [0, 0.1) is 0 Å². The van der Waals surface area contributed by atoms with Crippen molar-refractivity contribution >= 4 is 0 Å². The molecule has 2 aliphatic heterocycles. The van der Waals surface area contributed by atoms with Crippen molar-refractivity contribution in [3.63, 3.8) is 0 Å². The van der Waals surface area contributed by atoms with Crippen molar-refractivity contribution in [1.29, 1.82) is 0 Å². The first-order valence-corrected chi connectivity index (χ1v) is 8.58. The van der Waals surface area contributed by atoms with Crippen molar-refractivity contribution in [2.45, 2.75) is 18.9 Å².